The monoisotopic (exact) mass is 144 g/mol. The molecule has 2 N–H and O–H groups in total. The zero-order valence-corrected chi connectivity index (χ0v) is 6.62. The van der Waals surface area contributed by atoms with Gasteiger partial charge in [-0.3, -0.25) is 0 Å². The van der Waals surface area contributed by atoms with E-state index in [1.165, 1.54) is 0 Å². The molecule has 1 fully saturated rings. The van der Waals surface area contributed by atoms with Gasteiger partial charge in [-0.15, -0.1) is 0 Å². The highest BCUT2D eigenvalue weighted by molar-refractivity contribution is 4.80. The molecular weight excluding hydrogens is 128 g/mol. The van der Waals surface area contributed by atoms with Crippen LogP contribution in [-0.2, 0) is 0 Å². The highest BCUT2D eigenvalue weighted by atomic mass is 16.3. The number of aliphatic hydroxyl groups excluding tert-OH is 2. The van der Waals surface area contributed by atoms with E-state index >= 15 is 0 Å². The molecule has 0 radical (unpaired) electrons. The maximum atomic E-state index is 9.31. The quantitative estimate of drug-likeness (QED) is 0.527. The minimum atomic E-state index is -0.286. The van der Waals surface area contributed by atoms with Crippen molar-refractivity contribution in [3.8, 4) is 0 Å². The fraction of sp³-hybridized carbons (Fsp3) is 1.00. The Kier molecular flexibility index (Phi) is 2.32. The van der Waals surface area contributed by atoms with E-state index in [2.05, 4.69) is 0 Å². The Bertz CT molecular complexity index is 87.8. The Morgan fingerprint density at radius 3 is 1.60 bits per heavy atom. The van der Waals surface area contributed by atoms with E-state index in [4.69, 9.17) is 0 Å². The first kappa shape index (κ1) is 8.02. The molecule has 10 heavy (non-hydrogen) atoms. The molecule has 0 aromatic rings. The maximum absolute atomic E-state index is 9.31. The zero-order chi connectivity index (χ0) is 7.72. The van der Waals surface area contributed by atoms with Crippen LogP contribution in [0, 0.1) is 11.8 Å². The van der Waals surface area contributed by atoms with Gasteiger partial charge in [-0.1, -0.05) is 13.8 Å². The Morgan fingerprint density at radius 1 is 0.900 bits per heavy atom. The van der Waals surface area contributed by atoms with Crippen LogP contribution in [-0.4, -0.2) is 22.4 Å². The van der Waals surface area contributed by atoms with E-state index in [0.29, 0.717) is 18.3 Å². The average Bonchev–Trinajstić information content (AvgIpc) is 1.84. The van der Waals surface area contributed by atoms with Crippen molar-refractivity contribution >= 4 is 0 Å². The molecular formula is C8H16O2. The summed E-state index contributed by atoms with van der Waals surface area (Å²) in [6.07, 6.45) is 0.933. The Balaban J connectivity index is 2.46. The number of aliphatic hydroxyl groups is 2. The normalized spacial score (nSPS) is 49.2. The summed E-state index contributed by atoms with van der Waals surface area (Å²) in [6, 6.07) is 0. The smallest absolute Gasteiger partial charge is 0.0590 e. The molecule has 0 aromatic carbocycles. The van der Waals surface area contributed by atoms with Crippen LogP contribution in [0.4, 0.5) is 0 Å². The van der Waals surface area contributed by atoms with Gasteiger partial charge in [0.1, 0.15) is 0 Å². The molecule has 60 valence electrons. The molecule has 0 unspecified atom stereocenters. The fourth-order valence-electron chi connectivity index (χ4n) is 1.61. The largest absolute Gasteiger partial charge is 0.393 e. The second-order valence-corrected chi connectivity index (χ2v) is 3.56. The summed E-state index contributed by atoms with van der Waals surface area (Å²) >= 11 is 0. The van der Waals surface area contributed by atoms with Gasteiger partial charge >= 0.3 is 0 Å². The fourth-order valence-corrected chi connectivity index (χ4v) is 1.61. The van der Waals surface area contributed by atoms with Crippen LogP contribution < -0.4 is 0 Å². The van der Waals surface area contributed by atoms with Crippen LogP contribution in [0.25, 0.3) is 0 Å². The molecule has 2 heteroatoms. The lowest BCUT2D eigenvalue weighted by atomic mass is 9.79. The van der Waals surface area contributed by atoms with Crippen LogP contribution in [0.15, 0.2) is 0 Å². The molecule has 0 aromatic heterocycles. The summed E-state index contributed by atoms with van der Waals surface area (Å²) in [4.78, 5) is 0. The van der Waals surface area contributed by atoms with Gasteiger partial charge in [0.05, 0.1) is 12.2 Å². The van der Waals surface area contributed by atoms with Crippen LogP contribution in [0.5, 0.6) is 0 Å². The van der Waals surface area contributed by atoms with Crippen molar-refractivity contribution < 1.29 is 10.2 Å². The van der Waals surface area contributed by atoms with Crippen LogP contribution in [0.3, 0.4) is 0 Å². The summed E-state index contributed by atoms with van der Waals surface area (Å²) in [5.74, 6) is 0.719. The van der Waals surface area contributed by atoms with Crippen molar-refractivity contribution in [1.82, 2.24) is 0 Å². The van der Waals surface area contributed by atoms with Crippen molar-refractivity contribution in [1.29, 1.82) is 0 Å². The Hall–Kier alpha value is -0.0800. The lowest BCUT2D eigenvalue weighted by molar-refractivity contribution is -0.0237. The zero-order valence-electron chi connectivity index (χ0n) is 6.62. The second-order valence-electron chi connectivity index (χ2n) is 3.56. The van der Waals surface area contributed by atoms with Crippen molar-refractivity contribution in [2.75, 3.05) is 0 Å². The third-order valence-corrected chi connectivity index (χ3v) is 2.54. The molecule has 1 saturated carbocycles. The first-order valence-corrected chi connectivity index (χ1v) is 3.97. The third kappa shape index (κ3) is 1.50. The molecule has 0 spiro atoms. The number of rotatable bonds is 0. The highest BCUT2D eigenvalue weighted by Gasteiger charge is 2.29. The van der Waals surface area contributed by atoms with E-state index in [-0.39, 0.29) is 12.2 Å². The molecule has 0 aliphatic heterocycles. The lowest BCUT2D eigenvalue weighted by Crippen LogP contribution is -2.35. The van der Waals surface area contributed by atoms with Gasteiger partial charge in [-0.05, 0) is 24.7 Å². The van der Waals surface area contributed by atoms with Gasteiger partial charge in [0.15, 0.2) is 0 Å². The maximum Gasteiger partial charge on any atom is 0.0590 e. The molecule has 0 saturated heterocycles. The Morgan fingerprint density at radius 2 is 1.30 bits per heavy atom. The average molecular weight is 144 g/mol. The summed E-state index contributed by atoms with van der Waals surface area (Å²) in [7, 11) is 0. The molecule has 1 rings (SSSR count). The predicted molar refractivity (Wildman–Crippen MR) is 39.6 cm³/mol. The lowest BCUT2D eigenvalue weighted by Gasteiger charge is -2.33. The molecule has 1 aliphatic carbocycles. The first-order valence-electron chi connectivity index (χ1n) is 3.97. The highest BCUT2D eigenvalue weighted by Crippen LogP contribution is 2.28. The third-order valence-electron chi connectivity index (χ3n) is 2.54. The minimum Gasteiger partial charge on any atom is -0.393 e. The predicted octanol–water partition coefficient (Wildman–Crippen LogP) is 0.774. The van der Waals surface area contributed by atoms with Crippen molar-refractivity contribution in [3.63, 3.8) is 0 Å². The van der Waals surface area contributed by atoms with Gasteiger partial charge in [-0.25, -0.2) is 0 Å². The van der Waals surface area contributed by atoms with E-state index in [1.807, 2.05) is 13.8 Å². The topological polar surface area (TPSA) is 40.5 Å². The van der Waals surface area contributed by atoms with E-state index in [0.717, 1.165) is 6.42 Å². The van der Waals surface area contributed by atoms with Gasteiger partial charge in [-0.2, -0.15) is 0 Å². The molecule has 2 nitrogen and oxygen atoms in total. The molecule has 0 bridgehead atoms. The van der Waals surface area contributed by atoms with Gasteiger partial charge in [0.25, 0.3) is 0 Å². The van der Waals surface area contributed by atoms with E-state index in [9.17, 15) is 10.2 Å². The van der Waals surface area contributed by atoms with Crippen molar-refractivity contribution in [3.05, 3.63) is 0 Å². The minimum absolute atomic E-state index is 0.286. The van der Waals surface area contributed by atoms with E-state index < -0.39 is 0 Å². The van der Waals surface area contributed by atoms with E-state index in [1.54, 1.807) is 0 Å². The summed E-state index contributed by atoms with van der Waals surface area (Å²) in [5.41, 5.74) is 0. The molecule has 1 aliphatic rings. The SMILES string of the molecule is C[C@@H]1C[C@@H](C)[C@@H](O)C[C@H]1O. The summed E-state index contributed by atoms with van der Waals surface area (Å²) in [6.45, 7) is 4.07. The summed E-state index contributed by atoms with van der Waals surface area (Å²) < 4.78 is 0. The summed E-state index contributed by atoms with van der Waals surface area (Å²) in [5, 5.41) is 18.6. The second kappa shape index (κ2) is 2.89. The molecule has 0 heterocycles. The van der Waals surface area contributed by atoms with Crippen molar-refractivity contribution in [2.24, 2.45) is 11.8 Å². The van der Waals surface area contributed by atoms with Crippen LogP contribution >= 0.6 is 0 Å². The standard InChI is InChI=1S/C8H16O2/c1-5-3-6(2)8(10)4-7(5)9/h5-10H,3-4H2,1-2H3/t5-,6-,7-,8+/m1/s1. The number of hydrogen-bond acceptors (Lipinski definition) is 2. The van der Waals surface area contributed by atoms with Crippen molar-refractivity contribution in [2.45, 2.75) is 38.9 Å². The Labute approximate surface area is 61.9 Å². The number of hydrogen-bond donors (Lipinski definition) is 2. The van der Waals surface area contributed by atoms with Gasteiger partial charge in [0, 0.05) is 0 Å². The van der Waals surface area contributed by atoms with Gasteiger partial charge < -0.3 is 10.2 Å². The van der Waals surface area contributed by atoms with Crippen LogP contribution in [0.2, 0.25) is 0 Å². The molecule has 0 amide bonds. The first-order chi connectivity index (χ1) is 4.61. The molecule has 4 atom stereocenters. The van der Waals surface area contributed by atoms with Crippen LogP contribution in [0.1, 0.15) is 26.7 Å². The van der Waals surface area contributed by atoms with Gasteiger partial charge in [0.2, 0.25) is 0 Å².